The third-order valence-corrected chi connectivity index (χ3v) is 4.28. The normalized spacial score (nSPS) is 19.8. The monoisotopic (exact) mass is 234 g/mol. The lowest BCUT2D eigenvalue weighted by molar-refractivity contribution is -0.121. The van der Waals surface area contributed by atoms with Crippen molar-refractivity contribution in [1.82, 2.24) is 0 Å². The van der Waals surface area contributed by atoms with Crippen LogP contribution in [0.1, 0.15) is 28.3 Å². The van der Waals surface area contributed by atoms with Crippen molar-refractivity contribution in [3.05, 3.63) is 34.4 Å². The number of hydrogen-bond acceptors (Lipinski definition) is 3. The number of rotatable bonds is 3. The van der Waals surface area contributed by atoms with Crippen LogP contribution in [0.25, 0.3) is 0 Å². The van der Waals surface area contributed by atoms with Gasteiger partial charge in [-0.3, -0.25) is 0 Å². The molecule has 1 fully saturated rings. The molecule has 0 amide bonds. The van der Waals surface area contributed by atoms with Gasteiger partial charge in [0, 0.05) is 18.0 Å². The van der Waals surface area contributed by atoms with Gasteiger partial charge in [0.25, 0.3) is 0 Å². The summed E-state index contributed by atoms with van der Waals surface area (Å²) in [6.45, 7) is 8.35. The number of nitrogens with two attached hydrogens (primary N) is 2. The molecule has 94 valence electrons. The Morgan fingerprint density at radius 2 is 1.88 bits per heavy atom. The van der Waals surface area contributed by atoms with E-state index in [9.17, 15) is 0 Å². The zero-order valence-electron chi connectivity index (χ0n) is 10.9. The molecule has 1 atom stereocenters. The summed E-state index contributed by atoms with van der Waals surface area (Å²) < 4.78 is 5.31. The summed E-state index contributed by atoms with van der Waals surface area (Å²) in [7, 11) is 0. The first-order valence-corrected chi connectivity index (χ1v) is 6.12. The molecule has 1 heterocycles. The van der Waals surface area contributed by atoms with Crippen LogP contribution in [0.3, 0.4) is 0 Å². The Balaban J connectivity index is 2.37. The van der Waals surface area contributed by atoms with Gasteiger partial charge in [-0.1, -0.05) is 12.1 Å². The van der Waals surface area contributed by atoms with Crippen molar-refractivity contribution in [2.75, 3.05) is 19.8 Å². The molecule has 0 aromatic heterocycles. The first kappa shape index (κ1) is 12.6. The minimum Gasteiger partial charge on any atom is -0.380 e. The summed E-state index contributed by atoms with van der Waals surface area (Å²) in [6.07, 6.45) is 0. The molecule has 17 heavy (non-hydrogen) atoms. The van der Waals surface area contributed by atoms with Crippen LogP contribution in [0.5, 0.6) is 0 Å². The second-order valence-corrected chi connectivity index (χ2v) is 5.26. The summed E-state index contributed by atoms with van der Waals surface area (Å²) in [5.41, 5.74) is 17.3. The fourth-order valence-corrected chi connectivity index (χ4v) is 2.43. The lowest BCUT2D eigenvalue weighted by atomic mass is 9.74. The standard InChI is InChI=1S/C14H22N2O/c1-9-4-5-12(11(3)10(9)2)13(16)14(6-15)7-17-8-14/h4-5,13H,6-8,15-16H2,1-3H3. The van der Waals surface area contributed by atoms with Gasteiger partial charge in [0.2, 0.25) is 0 Å². The molecule has 3 heteroatoms. The van der Waals surface area contributed by atoms with Crippen molar-refractivity contribution in [1.29, 1.82) is 0 Å². The highest BCUT2D eigenvalue weighted by Crippen LogP contribution is 2.39. The lowest BCUT2D eigenvalue weighted by Gasteiger charge is -2.45. The molecule has 0 bridgehead atoms. The summed E-state index contributed by atoms with van der Waals surface area (Å²) in [5, 5.41) is 0. The predicted octanol–water partition coefficient (Wildman–Crippen LogP) is 1.59. The van der Waals surface area contributed by atoms with E-state index in [1.54, 1.807) is 0 Å². The third kappa shape index (κ3) is 1.88. The van der Waals surface area contributed by atoms with E-state index in [1.165, 1.54) is 22.3 Å². The van der Waals surface area contributed by atoms with Gasteiger partial charge in [-0.15, -0.1) is 0 Å². The molecule has 4 N–H and O–H groups in total. The number of aryl methyl sites for hydroxylation is 1. The maximum absolute atomic E-state index is 6.41. The first-order chi connectivity index (χ1) is 8.02. The third-order valence-electron chi connectivity index (χ3n) is 4.28. The highest BCUT2D eigenvalue weighted by Gasteiger charge is 2.44. The average molecular weight is 234 g/mol. The fraction of sp³-hybridized carbons (Fsp3) is 0.571. The summed E-state index contributed by atoms with van der Waals surface area (Å²) in [5.74, 6) is 0. The van der Waals surface area contributed by atoms with Crippen molar-refractivity contribution in [2.45, 2.75) is 26.8 Å². The number of hydrogen-bond donors (Lipinski definition) is 2. The Labute approximate surface area is 103 Å². The van der Waals surface area contributed by atoms with E-state index >= 15 is 0 Å². The van der Waals surface area contributed by atoms with Crippen molar-refractivity contribution in [2.24, 2.45) is 16.9 Å². The molecular formula is C14H22N2O. The first-order valence-electron chi connectivity index (χ1n) is 6.12. The van der Waals surface area contributed by atoms with E-state index in [-0.39, 0.29) is 11.5 Å². The molecule has 1 unspecified atom stereocenters. The van der Waals surface area contributed by atoms with Crippen molar-refractivity contribution < 1.29 is 4.74 Å². The van der Waals surface area contributed by atoms with E-state index in [0.717, 1.165) is 0 Å². The molecule has 1 saturated heterocycles. The second-order valence-electron chi connectivity index (χ2n) is 5.26. The van der Waals surface area contributed by atoms with E-state index in [2.05, 4.69) is 32.9 Å². The van der Waals surface area contributed by atoms with Crippen LogP contribution in [0.15, 0.2) is 12.1 Å². The highest BCUT2D eigenvalue weighted by atomic mass is 16.5. The van der Waals surface area contributed by atoms with Gasteiger partial charge in [-0.25, -0.2) is 0 Å². The second kappa shape index (κ2) is 4.41. The minimum atomic E-state index is -0.0630. The fourth-order valence-electron chi connectivity index (χ4n) is 2.43. The van der Waals surface area contributed by atoms with Crippen molar-refractivity contribution in [3.8, 4) is 0 Å². The topological polar surface area (TPSA) is 61.3 Å². The van der Waals surface area contributed by atoms with Crippen LogP contribution in [0.4, 0.5) is 0 Å². The van der Waals surface area contributed by atoms with Crippen LogP contribution in [0.2, 0.25) is 0 Å². The Morgan fingerprint density at radius 3 is 2.35 bits per heavy atom. The zero-order chi connectivity index (χ0) is 12.6. The molecule has 0 radical (unpaired) electrons. The van der Waals surface area contributed by atoms with Crippen LogP contribution in [-0.4, -0.2) is 19.8 Å². The van der Waals surface area contributed by atoms with Crippen LogP contribution in [0, 0.1) is 26.2 Å². The van der Waals surface area contributed by atoms with E-state index < -0.39 is 0 Å². The lowest BCUT2D eigenvalue weighted by Crippen LogP contribution is -2.55. The SMILES string of the molecule is Cc1ccc(C(N)C2(CN)COC2)c(C)c1C. The molecule has 1 aliphatic heterocycles. The summed E-state index contributed by atoms with van der Waals surface area (Å²) >= 11 is 0. The van der Waals surface area contributed by atoms with Crippen LogP contribution < -0.4 is 11.5 Å². The summed E-state index contributed by atoms with van der Waals surface area (Å²) in [6, 6.07) is 4.25. The molecule has 1 aliphatic rings. The molecule has 0 aliphatic carbocycles. The minimum absolute atomic E-state index is 0.0273. The molecule has 0 saturated carbocycles. The number of benzene rings is 1. The van der Waals surface area contributed by atoms with E-state index in [4.69, 9.17) is 16.2 Å². The zero-order valence-corrected chi connectivity index (χ0v) is 10.9. The molecule has 1 aromatic rings. The largest absolute Gasteiger partial charge is 0.380 e. The number of ether oxygens (including phenoxy) is 1. The van der Waals surface area contributed by atoms with Gasteiger partial charge in [0.15, 0.2) is 0 Å². The molecular weight excluding hydrogens is 212 g/mol. The van der Waals surface area contributed by atoms with Crippen molar-refractivity contribution in [3.63, 3.8) is 0 Å². The quantitative estimate of drug-likeness (QED) is 0.835. The van der Waals surface area contributed by atoms with E-state index in [1.807, 2.05) is 0 Å². The van der Waals surface area contributed by atoms with Gasteiger partial charge in [-0.05, 0) is 43.0 Å². The van der Waals surface area contributed by atoms with Crippen molar-refractivity contribution >= 4 is 0 Å². The Kier molecular flexibility index (Phi) is 3.25. The van der Waals surface area contributed by atoms with E-state index in [0.29, 0.717) is 19.8 Å². The highest BCUT2D eigenvalue weighted by molar-refractivity contribution is 5.41. The van der Waals surface area contributed by atoms with Gasteiger partial charge in [0.1, 0.15) is 0 Å². The Bertz CT molecular complexity index is 419. The summed E-state index contributed by atoms with van der Waals surface area (Å²) in [4.78, 5) is 0. The Morgan fingerprint density at radius 1 is 1.24 bits per heavy atom. The maximum Gasteiger partial charge on any atom is 0.0575 e. The Hall–Kier alpha value is -0.900. The van der Waals surface area contributed by atoms with Gasteiger partial charge < -0.3 is 16.2 Å². The van der Waals surface area contributed by atoms with Gasteiger partial charge in [0.05, 0.1) is 13.2 Å². The van der Waals surface area contributed by atoms with Gasteiger partial charge in [-0.2, -0.15) is 0 Å². The molecule has 1 aromatic carbocycles. The average Bonchev–Trinajstić information content (AvgIpc) is 2.25. The van der Waals surface area contributed by atoms with Gasteiger partial charge >= 0.3 is 0 Å². The van der Waals surface area contributed by atoms with Crippen LogP contribution >= 0.6 is 0 Å². The molecule has 3 nitrogen and oxygen atoms in total. The maximum atomic E-state index is 6.41. The molecule has 0 spiro atoms. The predicted molar refractivity (Wildman–Crippen MR) is 69.9 cm³/mol. The van der Waals surface area contributed by atoms with Crippen LogP contribution in [-0.2, 0) is 4.74 Å². The smallest absolute Gasteiger partial charge is 0.0575 e. The molecule has 2 rings (SSSR count).